The fourth-order valence-electron chi connectivity index (χ4n) is 2.28. The molecule has 0 radical (unpaired) electrons. The maximum Gasteiger partial charge on any atom is 0.343 e. The maximum atomic E-state index is 12.2. The quantitative estimate of drug-likeness (QED) is 0.358. The van der Waals surface area contributed by atoms with Crippen LogP contribution in [0.2, 0.25) is 0 Å². The van der Waals surface area contributed by atoms with Crippen molar-refractivity contribution in [3.8, 4) is 11.5 Å². The van der Waals surface area contributed by atoms with Crippen molar-refractivity contribution in [2.75, 3.05) is 26.9 Å². The van der Waals surface area contributed by atoms with E-state index in [2.05, 4.69) is 0 Å². The molecule has 27 heavy (non-hydrogen) atoms. The molecule has 0 amide bonds. The molecular weight excluding hydrogens is 348 g/mol. The Morgan fingerprint density at radius 3 is 1.93 bits per heavy atom. The zero-order chi connectivity index (χ0) is 19.5. The Bertz CT molecular complexity index is 721. The van der Waals surface area contributed by atoms with Crippen molar-refractivity contribution in [1.29, 1.82) is 0 Å². The van der Waals surface area contributed by atoms with Crippen molar-refractivity contribution in [2.45, 2.75) is 19.8 Å². The zero-order valence-electron chi connectivity index (χ0n) is 15.6. The summed E-state index contributed by atoms with van der Waals surface area (Å²) in [6.07, 6.45) is 1.58. The van der Waals surface area contributed by atoms with Crippen molar-refractivity contribution in [3.63, 3.8) is 0 Å². The molecule has 0 unspecified atom stereocenters. The van der Waals surface area contributed by atoms with E-state index in [1.54, 1.807) is 55.6 Å². The molecular formula is C21H24O6. The van der Waals surface area contributed by atoms with Gasteiger partial charge in [0.2, 0.25) is 0 Å². The molecule has 6 heteroatoms. The number of carbonyl (C=O) groups excluding carboxylic acids is 2. The van der Waals surface area contributed by atoms with Crippen LogP contribution < -0.4 is 9.47 Å². The SMILES string of the molecule is CCOc1ccc(C(=O)Oc2ccc(C(=O)OCCCCOC)cc2)cc1. The highest BCUT2D eigenvalue weighted by atomic mass is 16.5. The summed E-state index contributed by atoms with van der Waals surface area (Å²) in [4.78, 5) is 24.1. The van der Waals surface area contributed by atoms with Crippen LogP contribution >= 0.6 is 0 Å². The fourth-order valence-corrected chi connectivity index (χ4v) is 2.28. The van der Waals surface area contributed by atoms with E-state index in [0.29, 0.717) is 42.4 Å². The van der Waals surface area contributed by atoms with Gasteiger partial charge in [0.1, 0.15) is 11.5 Å². The summed E-state index contributed by atoms with van der Waals surface area (Å²) < 4.78 is 20.8. The molecule has 6 nitrogen and oxygen atoms in total. The number of rotatable bonds is 10. The highest BCUT2D eigenvalue weighted by Crippen LogP contribution is 2.17. The topological polar surface area (TPSA) is 71.1 Å². The minimum absolute atomic E-state index is 0.344. The zero-order valence-corrected chi connectivity index (χ0v) is 15.6. The molecule has 0 fully saturated rings. The van der Waals surface area contributed by atoms with Crippen LogP contribution in [0.3, 0.4) is 0 Å². The first-order chi connectivity index (χ1) is 13.1. The first kappa shape index (κ1) is 20.5. The van der Waals surface area contributed by atoms with Gasteiger partial charge in [0.15, 0.2) is 0 Å². The average molecular weight is 372 g/mol. The van der Waals surface area contributed by atoms with E-state index in [0.717, 1.165) is 12.8 Å². The Morgan fingerprint density at radius 1 is 0.778 bits per heavy atom. The lowest BCUT2D eigenvalue weighted by Gasteiger charge is -2.07. The number of unbranched alkanes of at least 4 members (excludes halogenated alkanes) is 1. The summed E-state index contributed by atoms with van der Waals surface area (Å²) in [5, 5.41) is 0. The Morgan fingerprint density at radius 2 is 1.33 bits per heavy atom. The minimum Gasteiger partial charge on any atom is -0.494 e. The summed E-state index contributed by atoms with van der Waals surface area (Å²) in [5.41, 5.74) is 0.820. The van der Waals surface area contributed by atoms with E-state index >= 15 is 0 Å². The highest BCUT2D eigenvalue weighted by molar-refractivity contribution is 5.92. The second-order valence-corrected chi connectivity index (χ2v) is 5.71. The molecule has 0 aliphatic heterocycles. The van der Waals surface area contributed by atoms with Gasteiger partial charge in [-0.25, -0.2) is 9.59 Å². The lowest BCUT2D eigenvalue weighted by molar-refractivity contribution is 0.0489. The third-order valence-electron chi connectivity index (χ3n) is 3.68. The van der Waals surface area contributed by atoms with Crippen LogP contribution in [-0.4, -0.2) is 38.9 Å². The van der Waals surface area contributed by atoms with E-state index in [1.165, 1.54) is 0 Å². The standard InChI is InChI=1S/C21H24O6/c1-3-25-18-10-6-17(7-11-18)21(23)27-19-12-8-16(9-13-19)20(22)26-15-5-4-14-24-2/h6-13H,3-5,14-15H2,1-2H3. The third-order valence-corrected chi connectivity index (χ3v) is 3.68. The van der Waals surface area contributed by atoms with Crippen LogP contribution in [-0.2, 0) is 9.47 Å². The van der Waals surface area contributed by atoms with Crippen LogP contribution in [0.5, 0.6) is 11.5 Å². The number of carbonyl (C=O) groups is 2. The smallest absolute Gasteiger partial charge is 0.343 e. The number of ether oxygens (including phenoxy) is 4. The molecule has 0 bridgehead atoms. The van der Waals surface area contributed by atoms with E-state index in [-0.39, 0.29) is 0 Å². The van der Waals surface area contributed by atoms with Crippen molar-refractivity contribution >= 4 is 11.9 Å². The maximum absolute atomic E-state index is 12.2. The van der Waals surface area contributed by atoms with Crippen molar-refractivity contribution in [2.24, 2.45) is 0 Å². The summed E-state index contributed by atoms with van der Waals surface area (Å²) in [7, 11) is 1.64. The molecule has 0 aliphatic carbocycles. The van der Waals surface area contributed by atoms with Gasteiger partial charge in [0.05, 0.1) is 24.3 Å². The van der Waals surface area contributed by atoms with Crippen LogP contribution in [0.1, 0.15) is 40.5 Å². The predicted molar refractivity (Wildman–Crippen MR) is 100 cm³/mol. The number of hydrogen-bond donors (Lipinski definition) is 0. The summed E-state index contributed by atoms with van der Waals surface area (Å²) in [6, 6.07) is 13.0. The van der Waals surface area contributed by atoms with E-state index < -0.39 is 11.9 Å². The normalized spacial score (nSPS) is 10.3. The Balaban J connectivity index is 1.85. The number of hydrogen-bond acceptors (Lipinski definition) is 6. The molecule has 0 heterocycles. The van der Waals surface area contributed by atoms with Gasteiger partial charge in [-0.3, -0.25) is 0 Å². The lowest BCUT2D eigenvalue weighted by atomic mass is 10.2. The largest absolute Gasteiger partial charge is 0.494 e. The predicted octanol–water partition coefficient (Wildman–Crippen LogP) is 3.89. The van der Waals surface area contributed by atoms with Crippen LogP contribution in [0.25, 0.3) is 0 Å². The number of methoxy groups -OCH3 is 1. The third kappa shape index (κ3) is 6.75. The summed E-state index contributed by atoms with van der Waals surface area (Å²) in [6.45, 7) is 3.44. The molecule has 0 saturated carbocycles. The van der Waals surface area contributed by atoms with Crippen molar-refractivity contribution in [1.82, 2.24) is 0 Å². The second kappa shape index (κ2) is 11.0. The van der Waals surface area contributed by atoms with Crippen molar-refractivity contribution < 1.29 is 28.5 Å². The molecule has 2 aromatic rings. The molecule has 0 spiro atoms. The van der Waals surface area contributed by atoms with Gasteiger partial charge in [-0.15, -0.1) is 0 Å². The molecule has 0 saturated heterocycles. The Kier molecular flexibility index (Phi) is 8.32. The molecule has 144 valence electrons. The Labute approximate surface area is 159 Å². The van der Waals surface area contributed by atoms with Crippen LogP contribution in [0.15, 0.2) is 48.5 Å². The number of esters is 2. The summed E-state index contributed by atoms with van der Waals surface area (Å²) >= 11 is 0. The van der Waals surface area contributed by atoms with Gasteiger partial charge in [-0.2, -0.15) is 0 Å². The molecule has 0 aromatic heterocycles. The number of benzene rings is 2. The van der Waals surface area contributed by atoms with E-state index in [4.69, 9.17) is 18.9 Å². The van der Waals surface area contributed by atoms with Gasteiger partial charge in [0, 0.05) is 13.7 Å². The van der Waals surface area contributed by atoms with Gasteiger partial charge in [-0.1, -0.05) is 0 Å². The molecule has 0 atom stereocenters. The highest BCUT2D eigenvalue weighted by Gasteiger charge is 2.11. The fraction of sp³-hybridized carbons (Fsp3) is 0.333. The van der Waals surface area contributed by atoms with Crippen LogP contribution in [0, 0.1) is 0 Å². The van der Waals surface area contributed by atoms with Crippen molar-refractivity contribution in [3.05, 3.63) is 59.7 Å². The molecule has 0 N–H and O–H groups in total. The van der Waals surface area contributed by atoms with E-state index in [9.17, 15) is 9.59 Å². The second-order valence-electron chi connectivity index (χ2n) is 5.71. The van der Waals surface area contributed by atoms with Gasteiger partial charge in [0.25, 0.3) is 0 Å². The minimum atomic E-state index is -0.480. The van der Waals surface area contributed by atoms with E-state index in [1.807, 2.05) is 6.92 Å². The first-order valence-electron chi connectivity index (χ1n) is 8.85. The molecule has 2 rings (SSSR count). The monoisotopic (exact) mass is 372 g/mol. The van der Waals surface area contributed by atoms with Gasteiger partial charge < -0.3 is 18.9 Å². The van der Waals surface area contributed by atoms with Crippen LogP contribution in [0.4, 0.5) is 0 Å². The van der Waals surface area contributed by atoms with Gasteiger partial charge >= 0.3 is 11.9 Å². The first-order valence-corrected chi connectivity index (χ1v) is 8.85. The van der Waals surface area contributed by atoms with Gasteiger partial charge in [-0.05, 0) is 68.3 Å². The molecule has 2 aromatic carbocycles. The summed E-state index contributed by atoms with van der Waals surface area (Å²) in [5.74, 6) is 0.160. The molecule has 0 aliphatic rings. The average Bonchev–Trinajstić information content (AvgIpc) is 2.69. The Hall–Kier alpha value is -2.86. The lowest BCUT2D eigenvalue weighted by Crippen LogP contribution is -2.09.